The normalized spacial score (nSPS) is 10.8. The summed E-state index contributed by atoms with van der Waals surface area (Å²) in [5.74, 6) is 0.714. The highest BCUT2D eigenvalue weighted by Crippen LogP contribution is 2.22. The Morgan fingerprint density at radius 2 is 2.28 bits per heavy atom. The molecular formula is C14H17N3O. The largest absolute Gasteiger partial charge is 0.349 e. The zero-order chi connectivity index (χ0) is 13.1. The summed E-state index contributed by atoms with van der Waals surface area (Å²) in [6, 6.07) is 5.95. The van der Waals surface area contributed by atoms with Gasteiger partial charge >= 0.3 is 0 Å². The molecule has 2 rings (SSSR count). The first-order valence-electron chi connectivity index (χ1n) is 5.98. The standard InChI is InChI=1S/C14H17N3O/c1-4-8-16(11(2)3)14-12(10-18)17-9-6-5-7-13(17)15-14/h4-7,9-11H,1,8H2,2-3H3. The minimum absolute atomic E-state index is 0.256. The van der Waals surface area contributed by atoms with E-state index in [9.17, 15) is 4.79 Å². The van der Waals surface area contributed by atoms with Crippen molar-refractivity contribution in [1.82, 2.24) is 9.38 Å². The molecule has 0 radical (unpaired) electrons. The van der Waals surface area contributed by atoms with Gasteiger partial charge in [0.25, 0.3) is 0 Å². The smallest absolute Gasteiger partial charge is 0.170 e. The summed E-state index contributed by atoms with van der Waals surface area (Å²) in [6.07, 6.45) is 4.52. The summed E-state index contributed by atoms with van der Waals surface area (Å²) in [5.41, 5.74) is 1.37. The molecule has 2 aromatic rings. The summed E-state index contributed by atoms with van der Waals surface area (Å²) in [7, 11) is 0. The number of anilines is 1. The average Bonchev–Trinajstić information content (AvgIpc) is 2.73. The van der Waals surface area contributed by atoms with Gasteiger partial charge in [-0.3, -0.25) is 9.20 Å². The van der Waals surface area contributed by atoms with Crippen LogP contribution in [-0.2, 0) is 0 Å². The molecule has 0 unspecified atom stereocenters. The number of aldehydes is 1. The van der Waals surface area contributed by atoms with E-state index in [-0.39, 0.29) is 6.04 Å². The molecule has 0 fully saturated rings. The summed E-state index contributed by atoms with van der Waals surface area (Å²) >= 11 is 0. The van der Waals surface area contributed by atoms with Crippen molar-refractivity contribution in [3.05, 3.63) is 42.7 Å². The number of aromatic nitrogens is 2. The molecule has 4 nitrogen and oxygen atoms in total. The number of hydrogen-bond acceptors (Lipinski definition) is 3. The Bertz CT molecular complexity index is 571. The first kappa shape index (κ1) is 12.4. The zero-order valence-electron chi connectivity index (χ0n) is 10.7. The monoisotopic (exact) mass is 243 g/mol. The number of pyridine rings is 1. The second-order valence-corrected chi connectivity index (χ2v) is 4.40. The van der Waals surface area contributed by atoms with Crippen molar-refractivity contribution >= 4 is 17.8 Å². The lowest BCUT2D eigenvalue weighted by Crippen LogP contribution is -2.31. The van der Waals surface area contributed by atoms with Gasteiger partial charge in [0.05, 0.1) is 0 Å². The van der Waals surface area contributed by atoms with E-state index in [1.807, 2.05) is 30.5 Å². The Hall–Kier alpha value is -2.10. The first-order chi connectivity index (χ1) is 8.69. The van der Waals surface area contributed by atoms with Crippen molar-refractivity contribution in [2.45, 2.75) is 19.9 Å². The van der Waals surface area contributed by atoms with Gasteiger partial charge in [0.2, 0.25) is 0 Å². The van der Waals surface area contributed by atoms with Gasteiger partial charge in [-0.05, 0) is 26.0 Å². The molecule has 18 heavy (non-hydrogen) atoms. The number of hydrogen-bond donors (Lipinski definition) is 0. The third-order valence-electron chi connectivity index (χ3n) is 2.88. The highest BCUT2D eigenvalue weighted by Gasteiger charge is 2.18. The molecule has 0 aromatic carbocycles. The van der Waals surface area contributed by atoms with E-state index in [0.717, 1.165) is 11.9 Å². The van der Waals surface area contributed by atoms with Crippen LogP contribution in [0.5, 0.6) is 0 Å². The van der Waals surface area contributed by atoms with Crippen molar-refractivity contribution in [1.29, 1.82) is 0 Å². The van der Waals surface area contributed by atoms with Crippen LogP contribution in [0.15, 0.2) is 37.1 Å². The Balaban J connectivity index is 2.61. The van der Waals surface area contributed by atoms with Crippen molar-refractivity contribution in [3.8, 4) is 0 Å². The molecule has 0 N–H and O–H groups in total. The van der Waals surface area contributed by atoms with Gasteiger partial charge in [0.1, 0.15) is 11.3 Å². The summed E-state index contributed by atoms with van der Waals surface area (Å²) < 4.78 is 1.81. The molecule has 2 heterocycles. The lowest BCUT2D eigenvalue weighted by molar-refractivity contribution is 0.111. The SMILES string of the molecule is C=CCN(c1nc2ccccn2c1C=O)C(C)C. The molecule has 0 saturated heterocycles. The van der Waals surface area contributed by atoms with Crippen LogP contribution in [0.4, 0.5) is 5.82 Å². The number of imidazole rings is 1. The number of carbonyl (C=O) groups excluding carboxylic acids is 1. The van der Waals surface area contributed by atoms with E-state index in [4.69, 9.17) is 0 Å². The van der Waals surface area contributed by atoms with Crippen LogP contribution in [-0.4, -0.2) is 28.3 Å². The van der Waals surface area contributed by atoms with Gasteiger partial charge in [-0.25, -0.2) is 4.98 Å². The van der Waals surface area contributed by atoms with Crippen LogP contribution in [0.1, 0.15) is 24.3 Å². The van der Waals surface area contributed by atoms with Crippen LogP contribution >= 0.6 is 0 Å². The summed E-state index contributed by atoms with van der Waals surface area (Å²) in [6.45, 7) is 8.57. The second-order valence-electron chi connectivity index (χ2n) is 4.40. The maximum atomic E-state index is 11.3. The zero-order valence-corrected chi connectivity index (χ0v) is 10.7. The van der Waals surface area contributed by atoms with E-state index in [1.165, 1.54) is 0 Å². The third-order valence-corrected chi connectivity index (χ3v) is 2.88. The number of rotatable bonds is 5. The van der Waals surface area contributed by atoms with Crippen LogP contribution in [0.3, 0.4) is 0 Å². The topological polar surface area (TPSA) is 37.6 Å². The molecule has 0 spiro atoms. The highest BCUT2D eigenvalue weighted by molar-refractivity contribution is 5.83. The number of carbonyl (C=O) groups is 1. The lowest BCUT2D eigenvalue weighted by Gasteiger charge is -2.25. The molecule has 2 aromatic heterocycles. The second kappa shape index (κ2) is 5.04. The molecule has 0 aliphatic rings. The predicted octanol–water partition coefficient (Wildman–Crippen LogP) is 2.55. The van der Waals surface area contributed by atoms with E-state index >= 15 is 0 Å². The minimum Gasteiger partial charge on any atom is -0.349 e. The Labute approximate surface area is 107 Å². The number of fused-ring (bicyclic) bond motifs is 1. The van der Waals surface area contributed by atoms with Crippen molar-refractivity contribution in [2.75, 3.05) is 11.4 Å². The Morgan fingerprint density at radius 1 is 1.50 bits per heavy atom. The quantitative estimate of drug-likeness (QED) is 0.598. The predicted molar refractivity (Wildman–Crippen MR) is 73.3 cm³/mol. The van der Waals surface area contributed by atoms with E-state index in [1.54, 1.807) is 4.40 Å². The molecular weight excluding hydrogens is 226 g/mol. The van der Waals surface area contributed by atoms with Gasteiger partial charge in [0.15, 0.2) is 12.1 Å². The first-order valence-corrected chi connectivity index (χ1v) is 5.98. The van der Waals surface area contributed by atoms with Gasteiger partial charge in [0, 0.05) is 18.8 Å². The fraction of sp³-hybridized carbons (Fsp3) is 0.286. The van der Waals surface area contributed by atoms with Crippen LogP contribution in [0.2, 0.25) is 0 Å². The van der Waals surface area contributed by atoms with Crippen molar-refractivity contribution < 1.29 is 4.79 Å². The summed E-state index contributed by atoms with van der Waals surface area (Å²) in [5, 5.41) is 0. The van der Waals surface area contributed by atoms with Crippen LogP contribution < -0.4 is 4.90 Å². The lowest BCUT2D eigenvalue weighted by atomic mass is 10.3. The van der Waals surface area contributed by atoms with E-state index in [2.05, 4.69) is 30.3 Å². The van der Waals surface area contributed by atoms with Gasteiger partial charge in [-0.2, -0.15) is 0 Å². The molecule has 4 heteroatoms. The Morgan fingerprint density at radius 3 is 2.89 bits per heavy atom. The molecule has 0 aliphatic heterocycles. The Kier molecular flexibility index (Phi) is 3.46. The van der Waals surface area contributed by atoms with E-state index < -0.39 is 0 Å². The number of nitrogens with zero attached hydrogens (tertiary/aromatic N) is 3. The van der Waals surface area contributed by atoms with Crippen LogP contribution in [0.25, 0.3) is 5.65 Å². The molecule has 94 valence electrons. The van der Waals surface area contributed by atoms with Crippen molar-refractivity contribution in [3.63, 3.8) is 0 Å². The molecule has 0 aliphatic carbocycles. The molecule has 0 atom stereocenters. The van der Waals surface area contributed by atoms with Crippen LogP contribution in [0, 0.1) is 0 Å². The fourth-order valence-corrected chi connectivity index (χ4v) is 2.00. The highest BCUT2D eigenvalue weighted by atomic mass is 16.1. The minimum atomic E-state index is 0.256. The van der Waals surface area contributed by atoms with E-state index in [0.29, 0.717) is 18.1 Å². The van der Waals surface area contributed by atoms with Gasteiger partial charge in [-0.15, -0.1) is 6.58 Å². The average molecular weight is 243 g/mol. The molecule has 0 amide bonds. The molecule has 0 saturated carbocycles. The van der Waals surface area contributed by atoms with Gasteiger partial charge in [-0.1, -0.05) is 12.1 Å². The summed E-state index contributed by atoms with van der Waals surface area (Å²) in [4.78, 5) is 17.9. The maximum absolute atomic E-state index is 11.3. The fourth-order valence-electron chi connectivity index (χ4n) is 2.00. The third kappa shape index (κ3) is 2.01. The molecule has 0 bridgehead atoms. The maximum Gasteiger partial charge on any atom is 0.170 e. The van der Waals surface area contributed by atoms with Crippen molar-refractivity contribution in [2.24, 2.45) is 0 Å². The van der Waals surface area contributed by atoms with Gasteiger partial charge < -0.3 is 4.90 Å².